The first-order valence-corrected chi connectivity index (χ1v) is 3.78. The molecule has 0 atom stereocenters. The molecule has 0 aromatic carbocycles. The van der Waals surface area contributed by atoms with E-state index in [2.05, 4.69) is 6.58 Å². The number of rotatable bonds is 5. The van der Waals surface area contributed by atoms with Crippen molar-refractivity contribution in [3.05, 3.63) is 12.2 Å². The lowest BCUT2D eigenvalue weighted by Crippen LogP contribution is -2.06. The van der Waals surface area contributed by atoms with Gasteiger partial charge in [0.15, 0.2) is 5.78 Å². The predicted molar refractivity (Wildman–Crippen MR) is 44.4 cm³/mol. The molecular weight excluding hydrogens is 140 g/mol. The number of hydrogen-bond donors (Lipinski definition) is 0. The van der Waals surface area contributed by atoms with Crippen LogP contribution in [0.5, 0.6) is 0 Å². The molecule has 0 heterocycles. The highest BCUT2D eigenvalue weighted by Crippen LogP contribution is 2.05. The first-order chi connectivity index (χ1) is 5.07. The summed E-state index contributed by atoms with van der Waals surface area (Å²) in [6.45, 7) is 6.99. The molecule has 0 amide bonds. The molecule has 0 rings (SSSR count). The van der Waals surface area contributed by atoms with Crippen LogP contribution in [0.3, 0.4) is 0 Å². The molecule has 0 saturated carbocycles. The number of carbonyl (C=O) groups is 2. The minimum absolute atomic E-state index is 0.0127. The molecule has 0 aliphatic carbocycles. The molecule has 0 unspecified atom stereocenters. The van der Waals surface area contributed by atoms with Gasteiger partial charge in [0, 0.05) is 0 Å². The van der Waals surface area contributed by atoms with Crippen molar-refractivity contribution in [2.45, 2.75) is 33.1 Å². The lowest BCUT2D eigenvalue weighted by atomic mass is 10.0. The maximum Gasteiger partial charge on any atom is 0.165 e. The van der Waals surface area contributed by atoms with E-state index in [-0.39, 0.29) is 18.0 Å². The topological polar surface area (TPSA) is 34.1 Å². The van der Waals surface area contributed by atoms with Crippen LogP contribution in [0.15, 0.2) is 12.2 Å². The zero-order chi connectivity index (χ0) is 8.85. The third-order valence-electron chi connectivity index (χ3n) is 1.36. The summed E-state index contributed by atoms with van der Waals surface area (Å²) in [5, 5.41) is 0. The number of Topliss-reactive ketones (excluding diaryl/α,β-unsaturated/α-hetero) is 2. The SMILES string of the molecule is C=C(CCC)C(=O)CC(C)=O. The van der Waals surface area contributed by atoms with Gasteiger partial charge in [-0.3, -0.25) is 9.59 Å². The lowest BCUT2D eigenvalue weighted by Gasteiger charge is -1.99. The van der Waals surface area contributed by atoms with E-state index < -0.39 is 0 Å². The van der Waals surface area contributed by atoms with Gasteiger partial charge >= 0.3 is 0 Å². The minimum Gasteiger partial charge on any atom is -0.300 e. The molecule has 0 aromatic heterocycles. The second kappa shape index (κ2) is 4.83. The lowest BCUT2D eigenvalue weighted by molar-refractivity contribution is -0.123. The van der Waals surface area contributed by atoms with Crippen molar-refractivity contribution in [1.29, 1.82) is 0 Å². The van der Waals surface area contributed by atoms with Crippen LogP contribution in [0.25, 0.3) is 0 Å². The van der Waals surface area contributed by atoms with Crippen molar-refractivity contribution in [2.24, 2.45) is 0 Å². The molecule has 0 radical (unpaired) electrons. The Kier molecular flexibility index (Phi) is 4.42. The maximum atomic E-state index is 11.0. The second-order valence-corrected chi connectivity index (χ2v) is 2.66. The van der Waals surface area contributed by atoms with Crippen LogP contribution < -0.4 is 0 Å². The maximum absolute atomic E-state index is 11.0. The van der Waals surface area contributed by atoms with Gasteiger partial charge < -0.3 is 0 Å². The highest BCUT2D eigenvalue weighted by molar-refractivity contribution is 6.06. The fourth-order valence-electron chi connectivity index (χ4n) is 0.792. The van der Waals surface area contributed by atoms with Gasteiger partial charge in [0.05, 0.1) is 6.42 Å². The van der Waals surface area contributed by atoms with Crippen molar-refractivity contribution in [3.63, 3.8) is 0 Å². The molecule has 0 saturated heterocycles. The van der Waals surface area contributed by atoms with Crippen molar-refractivity contribution >= 4 is 11.6 Å². The van der Waals surface area contributed by atoms with Gasteiger partial charge in [0.2, 0.25) is 0 Å². The molecule has 2 nitrogen and oxygen atoms in total. The average molecular weight is 154 g/mol. The van der Waals surface area contributed by atoms with E-state index in [4.69, 9.17) is 0 Å². The fraction of sp³-hybridized carbons (Fsp3) is 0.556. The standard InChI is InChI=1S/C9H14O2/c1-4-5-7(2)9(11)6-8(3)10/h2,4-6H2,1,3H3. The van der Waals surface area contributed by atoms with E-state index in [1.165, 1.54) is 6.92 Å². The molecule has 0 bridgehead atoms. The highest BCUT2D eigenvalue weighted by Gasteiger charge is 2.07. The van der Waals surface area contributed by atoms with Gasteiger partial charge in [0.1, 0.15) is 5.78 Å². The quantitative estimate of drug-likeness (QED) is 0.447. The van der Waals surface area contributed by atoms with Crippen molar-refractivity contribution < 1.29 is 9.59 Å². The summed E-state index contributed by atoms with van der Waals surface area (Å²) in [5.74, 6) is -0.202. The van der Waals surface area contributed by atoms with Crippen LogP contribution in [-0.2, 0) is 9.59 Å². The summed E-state index contributed by atoms with van der Waals surface area (Å²) in [4.78, 5) is 21.5. The Morgan fingerprint density at radius 3 is 2.27 bits per heavy atom. The Labute approximate surface area is 67.3 Å². The average Bonchev–Trinajstić information content (AvgIpc) is 1.86. The number of allylic oxidation sites excluding steroid dienone is 1. The summed E-state index contributed by atoms with van der Waals surface area (Å²) in [6, 6.07) is 0. The molecule has 0 aliphatic rings. The second-order valence-electron chi connectivity index (χ2n) is 2.66. The van der Waals surface area contributed by atoms with Gasteiger partial charge in [-0.1, -0.05) is 19.9 Å². The zero-order valence-electron chi connectivity index (χ0n) is 7.14. The normalized spacial score (nSPS) is 9.27. The van der Waals surface area contributed by atoms with Crippen LogP contribution in [0, 0.1) is 0 Å². The van der Waals surface area contributed by atoms with E-state index in [1.807, 2.05) is 6.92 Å². The smallest absolute Gasteiger partial charge is 0.165 e. The third-order valence-corrected chi connectivity index (χ3v) is 1.36. The highest BCUT2D eigenvalue weighted by atomic mass is 16.1. The predicted octanol–water partition coefficient (Wildman–Crippen LogP) is 1.89. The van der Waals surface area contributed by atoms with E-state index in [1.54, 1.807) is 0 Å². The van der Waals surface area contributed by atoms with E-state index in [0.717, 1.165) is 6.42 Å². The molecular formula is C9H14O2. The molecule has 0 spiro atoms. The van der Waals surface area contributed by atoms with Gasteiger partial charge in [-0.2, -0.15) is 0 Å². The van der Waals surface area contributed by atoms with Crippen LogP contribution in [0.1, 0.15) is 33.1 Å². The minimum atomic E-state index is -0.112. The van der Waals surface area contributed by atoms with E-state index in [9.17, 15) is 9.59 Å². The number of carbonyl (C=O) groups excluding carboxylic acids is 2. The number of ketones is 2. The summed E-state index contributed by atoms with van der Waals surface area (Å²) < 4.78 is 0. The van der Waals surface area contributed by atoms with E-state index in [0.29, 0.717) is 12.0 Å². The summed E-state index contributed by atoms with van der Waals surface area (Å²) in [5.41, 5.74) is 0.572. The molecule has 11 heavy (non-hydrogen) atoms. The van der Waals surface area contributed by atoms with Gasteiger partial charge in [-0.25, -0.2) is 0 Å². The Balaban J connectivity index is 3.83. The Hall–Kier alpha value is -0.920. The van der Waals surface area contributed by atoms with Crippen LogP contribution in [0.4, 0.5) is 0 Å². The monoisotopic (exact) mass is 154 g/mol. The Morgan fingerprint density at radius 1 is 1.36 bits per heavy atom. The molecule has 0 N–H and O–H groups in total. The molecule has 0 aromatic rings. The summed E-state index contributed by atoms with van der Waals surface area (Å²) in [7, 11) is 0. The Morgan fingerprint density at radius 2 is 1.91 bits per heavy atom. The van der Waals surface area contributed by atoms with Crippen LogP contribution >= 0.6 is 0 Å². The first kappa shape index (κ1) is 10.1. The fourth-order valence-corrected chi connectivity index (χ4v) is 0.792. The largest absolute Gasteiger partial charge is 0.300 e. The van der Waals surface area contributed by atoms with Crippen LogP contribution in [-0.4, -0.2) is 11.6 Å². The van der Waals surface area contributed by atoms with Gasteiger partial charge in [-0.05, 0) is 18.9 Å². The number of hydrogen-bond acceptors (Lipinski definition) is 2. The molecule has 0 fully saturated rings. The van der Waals surface area contributed by atoms with Crippen LogP contribution in [0.2, 0.25) is 0 Å². The molecule has 62 valence electrons. The Bertz CT molecular complexity index is 180. The third kappa shape index (κ3) is 4.48. The van der Waals surface area contributed by atoms with Gasteiger partial charge in [-0.15, -0.1) is 0 Å². The van der Waals surface area contributed by atoms with Gasteiger partial charge in [0.25, 0.3) is 0 Å². The van der Waals surface area contributed by atoms with Crippen molar-refractivity contribution in [2.75, 3.05) is 0 Å². The zero-order valence-corrected chi connectivity index (χ0v) is 7.14. The van der Waals surface area contributed by atoms with Crippen molar-refractivity contribution in [3.8, 4) is 0 Å². The van der Waals surface area contributed by atoms with E-state index >= 15 is 0 Å². The molecule has 0 aliphatic heterocycles. The molecule has 2 heteroatoms. The van der Waals surface area contributed by atoms with Crippen molar-refractivity contribution in [1.82, 2.24) is 0 Å². The summed E-state index contributed by atoms with van der Waals surface area (Å²) in [6.07, 6.45) is 1.62. The summed E-state index contributed by atoms with van der Waals surface area (Å²) >= 11 is 0. The first-order valence-electron chi connectivity index (χ1n) is 3.78.